The fourth-order valence-corrected chi connectivity index (χ4v) is 2.25. The summed E-state index contributed by atoms with van der Waals surface area (Å²) in [5.41, 5.74) is 1.88. The first kappa shape index (κ1) is 13.8. The Morgan fingerprint density at radius 1 is 1.16 bits per heavy atom. The van der Waals surface area contributed by atoms with Gasteiger partial charge in [-0.1, -0.05) is 0 Å². The normalized spacial score (nSPS) is 15.3. The quantitative estimate of drug-likeness (QED) is 0.638. The molecule has 104 valence electrons. The molecule has 1 saturated carbocycles. The molecule has 0 atom stereocenters. The van der Waals surface area contributed by atoms with Crippen LogP contribution in [0.15, 0.2) is 17.0 Å². The number of carbonyl (C=O) groups is 1. The van der Waals surface area contributed by atoms with Gasteiger partial charge in [0.25, 0.3) is 10.0 Å². The molecule has 0 spiro atoms. The van der Waals surface area contributed by atoms with Crippen molar-refractivity contribution in [2.75, 3.05) is 0 Å². The molecule has 0 unspecified atom stereocenters. The number of rotatable bonds is 4. The SMILES string of the molecule is O=C(NNS(=O)(=O)c1ccc(F)c(F)c1F)C1CC1. The molecule has 1 aliphatic carbocycles. The molecule has 9 heteroatoms. The number of sulfonamides is 1. The number of hydrogen-bond donors (Lipinski definition) is 2. The van der Waals surface area contributed by atoms with E-state index >= 15 is 0 Å². The van der Waals surface area contributed by atoms with Gasteiger partial charge in [0.05, 0.1) is 0 Å². The van der Waals surface area contributed by atoms with E-state index in [-0.39, 0.29) is 5.92 Å². The van der Waals surface area contributed by atoms with Crippen LogP contribution in [0.1, 0.15) is 12.8 Å². The third-order valence-electron chi connectivity index (χ3n) is 2.55. The van der Waals surface area contributed by atoms with Gasteiger partial charge < -0.3 is 0 Å². The van der Waals surface area contributed by atoms with Crippen LogP contribution in [0.4, 0.5) is 13.2 Å². The van der Waals surface area contributed by atoms with Crippen molar-refractivity contribution < 1.29 is 26.4 Å². The number of hydrazine groups is 1. The predicted molar refractivity (Wildman–Crippen MR) is 57.5 cm³/mol. The summed E-state index contributed by atoms with van der Waals surface area (Å²) in [6.45, 7) is 0. The zero-order valence-electron chi connectivity index (χ0n) is 9.41. The first-order valence-electron chi connectivity index (χ1n) is 5.28. The highest BCUT2D eigenvalue weighted by molar-refractivity contribution is 7.89. The van der Waals surface area contributed by atoms with E-state index in [2.05, 4.69) is 0 Å². The number of hydrogen-bond acceptors (Lipinski definition) is 3. The fraction of sp³-hybridized carbons (Fsp3) is 0.300. The molecule has 5 nitrogen and oxygen atoms in total. The van der Waals surface area contributed by atoms with Crippen LogP contribution in [0.25, 0.3) is 0 Å². The lowest BCUT2D eigenvalue weighted by Gasteiger charge is -2.09. The van der Waals surface area contributed by atoms with Crippen molar-refractivity contribution in [1.29, 1.82) is 0 Å². The molecule has 0 aliphatic heterocycles. The molecule has 1 fully saturated rings. The molecule has 0 saturated heterocycles. The maximum Gasteiger partial charge on any atom is 0.260 e. The predicted octanol–water partition coefficient (Wildman–Crippen LogP) is 0.823. The Labute approximate surface area is 106 Å². The summed E-state index contributed by atoms with van der Waals surface area (Å²) < 4.78 is 62.1. The summed E-state index contributed by atoms with van der Waals surface area (Å²) >= 11 is 0. The van der Waals surface area contributed by atoms with Gasteiger partial charge in [-0.15, -0.1) is 4.83 Å². The van der Waals surface area contributed by atoms with Crippen LogP contribution >= 0.6 is 0 Å². The Bertz CT molecular complexity index is 629. The summed E-state index contributed by atoms with van der Waals surface area (Å²) in [6.07, 6.45) is 1.29. The van der Waals surface area contributed by atoms with Gasteiger partial charge in [0.2, 0.25) is 5.91 Å². The van der Waals surface area contributed by atoms with Crippen molar-refractivity contribution in [3.63, 3.8) is 0 Å². The van der Waals surface area contributed by atoms with Crippen LogP contribution in [0, 0.1) is 23.4 Å². The molecule has 0 bridgehead atoms. The highest BCUT2D eigenvalue weighted by Gasteiger charge is 2.31. The number of nitrogens with one attached hydrogen (secondary N) is 2. The minimum atomic E-state index is -4.49. The van der Waals surface area contributed by atoms with Crippen LogP contribution < -0.4 is 10.3 Å². The van der Waals surface area contributed by atoms with E-state index in [1.165, 1.54) is 0 Å². The molecule has 19 heavy (non-hydrogen) atoms. The number of amides is 1. The van der Waals surface area contributed by atoms with Crippen LogP contribution in [0.3, 0.4) is 0 Å². The monoisotopic (exact) mass is 294 g/mol. The zero-order chi connectivity index (χ0) is 14.2. The summed E-state index contributed by atoms with van der Waals surface area (Å²) in [6, 6.07) is 1.05. The Hall–Kier alpha value is -1.61. The Morgan fingerprint density at radius 3 is 2.37 bits per heavy atom. The average molecular weight is 294 g/mol. The van der Waals surface area contributed by atoms with Gasteiger partial charge in [-0.25, -0.2) is 21.6 Å². The zero-order valence-corrected chi connectivity index (χ0v) is 10.2. The van der Waals surface area contributed by atoms with E-state index in [0.29, 0.717) is 25.0 Å². The number of carbonyl (C=O) groups excluding carboxylic acids is 1. The maximum atomic E-state index is 13.3. The number of benzene rings is 1. The van der Waals surface area contributed by atoms with Gasteiger partial charge in [0.1, 0.15) is 4.90 Å². The van der Waals surface area contributed by atoms with Crippen molar-refractivity contribution in [1.82, 2.24) is 10.3 Å². The molecule has 0 aromatic heterocycles. The molecule has 0 radical (unpaired) electrons. The molecule has 1 aliphatic rings. The second kappa shape index (κ2) is 4.82. The van der Waals surface area contributed by atoms with Crippen molar-refractivity contribution in [3.05, 3.63) is 29.6 Å². The molecule has 1 amide bonds. The minimum absolute atomic E-state index is 0.266. The van der Waals surface area contributed by atoms with E-state index in [0.717, 1.165) is 0 Å². The summed E-state index contributed by atoms with van der Waals surface area (Å²) in [7, 11) is -4.49. The molecule has 0 heterocycles. The van der Waals surface area contributed by atoms with Crippen LogP contribution in [0.5, 0.6) is 0 Å². The van der Waals surface area contributed by atoms with Crippen molar-refractivity contribution in [2.45, 2.75) is 17.7 Å². The van der Waals surface area contributed by atoms with E-state index in [1.54, 1.807) is 4.83 Å². The molecule has 2 N–H and O–H groups in total. The molecular weight excluding hydrogens is 285 g/mol. The van der Waals surface area contributed by atoms with Gasteiger partial charge >= 0.3 is 0 Å². The second-order valence-electron chi connectivity index (χ2n) is 4.04. The lowest BCUT2D eigenvalue weighted by Crippen LogP contribution is -2.42. The van der Waals surface area contributed by atoms with Gasteiger partial charge in [-0.2, -0.15) is 0 Å². The maximum absolute atomic E-state index is 13.3. The molecule has 2 rings (SSSR count). The topological polar surface area (TPSA) is 75.3 Å². The Morgan fingerprint density at radius 2 is 1.79 bits per heavy atom. The standard InChI is InChI=1S/C10H9F3N2O3S/c11-6-3-4-7(9(13)8(6)12)19(17,18)15-14-10(16)5-1-2-5/h3-5,15H,1-2H2,(H,14,16). The van der Waals surface area contributed by atoms with Crippen molar-refractivity contribution in [2.24, 2.45) is 5.92 Å². The molecule has 1 aromatic carbocycles. The van der Waals surface area contributed by atoms with Crippen LogP contribution in [-0.4, -0.2) is 14.3 Å². The van der Waals surface area contributed by atoms with Crippen molar-refractivity contribution >= 4 is 15.9 Å². The smallest absolute Gasteiger partial charge is 0.260 e. The highest BCUT2D eigenvalue weighted by Crippen LogP contribution is 2.28. The van der Waals surface area contributed by atoms with Gasteiger partial charge in [-0.05, 0) is 25.0 Å². The van der Waals surface area contributed by atoms with E-state index in [9.17, 15) is 26.4 Å². The first-order chi connectivity index (χ1) is 8.83. The number of halogens is 3. The van der Waals surface area contributed by atoms with Crippen LogP contribution in [0.2, 0.25) is 0 Å². The largest absolute Gasteiger partial charge is 0.277 e. The average Bonchev–Trinajstić information content (AvgIpc) is 3.17. The van der Waals surface area contributed by atoms with E-state index in [4.69, 9.17) is 0 Å². The lowest BCUT2D eigenvalue weighted by atomic mass is 10.3. The van der Waals surface area contributed by atoms with E-state index < -0.39 is 38.3 Å². The Kier molecular flexibility index (Phi) is 3.50. The summed E-state index contributed by atoms with van der Waals surface area (Å²) in [4.78, 5) is 11.8. The summed E-state index contributed by atoms with van der Waals surface area (Å²) in [5.74, 6) is -6.05. The first-order valence-corrected chi connectivity index (χ1v) is 6.76. The highest BCUT2D eigenvalue weighted by atomic mass is 32.2. The van der Waals surface area contributed by atoms with Gasteiger partial charge in [0, 0.05) is 5.92 Å². The summed E-state index contributed by atoms with van der Waals surface area (Å²) in [5, 5.41) is 0. The third kappa shape index (κ3) is 2.87. The molecule has 1 aromatic rings. The third-order valence-corrected chi connectivity index (χ3v) is 3.81. The second-order valence-corrected chi connectivity index (χ2v) is 5.69. The van der Waals surface area contributed by atoms with E-state index in [1.807, 2.05) is 5.43 Å². The Balaban J connectivity index is 2.19. The van der Waals surface area contributed by atoms with Crippen LogP contribution in [-0.2, 0) is 14.8 Å². The van der Waals surface area contributed by atoms with Gasteiger partial charge in [0.15, 0.2) is 17.5 Å². The molecular formula is C10H9F3N2O3S. The van der Waals surface area contributed by atoms with Gasteiger partial charge in [-0.3, -0.25) is 10.2 Å². The van der Waals surface area contributed by atoms with Crippen molar-refractivity contribution in [3.8, 4) is 0 Å². The lowest BCUT2D eigenvalue weighted by molar-refractivity contribution is -0.122. The minimum Gasteiger partial charge on any atom is -0.277 e. The fourth-order valence-electron chi connectivity index (χ4n) is 1.34.